The maximum atomic E-state index is 12.0. The molecule has 0 atom stereocenters. The number of amides is 1. The van der Waals surface area contributed by atoms with Gasteiger partial charge in [-0.15, -0.1) is 11.3 Å². The highest BCUT2D eigenvalue weighted by molar-refractivity contribution is 7.18. The molecule has 8 heteroatoms. The fourth-order valence-corrected chi connectivity index (χ4v) is 3.72. The van der Waals surface area contributed by atoms with Crippen molar-refractivity contribution >= 4 is 33.3 Å². The lowest BCUT2D eigenvalue weighted by Crippen LogP contribution is -2.41. The number of ether oxygens (including phenoxy) is 1. The van der Waals surface area contributed by atoms with Gasteiger partial charge in [-0.05, 0) is 12.5 Å². The Kier molecular flexibility index (Phi) is 6.55. The van der Waals surface area contributed by atoms with Crippen molar-refractivity contribution in [2.24, 2.45) is 0 Å². The number of anilines is 1. The molecule has 0 radical (unpaired) electrons. The molecule has 7 nitrogen and oxygen atoms in total. The molecule has 0 saturated carbocycles. The highest BCUT2D eigenvalue weighted by atomic mass is 32.1. The number of aromatic nitrogens is 2. The summed E-state index contributed by atoms with van der Waals surface area (Å²) in [6, 6.07) is 2.13. The second-order valence-corrected chi connectivity index (χ2v) is 7.10. The number of hydrogen-bond donors (Lipinski definition) is 2. The summed E-state index contributed by atoms with van der Waals surface area (Å²) in [4.78, 5) is 25.2. The molecule has 1 aliphatic rings. The topological polar surface area (TPSA) is 79.4 Å². The number of rotatable bonds is 8. The van der Waals surface area contributed by atoms with Crippen LogP contribution in [0.15, 0.2) is 12.4 Å². The standard InChI is InChI=1S/C17H25N5O2S/c1-2-13-11-14-16(20-12-21-17(14)25-13)19-4-3-15(23)18-5-6-22-7-9-24-10-8-22/h11-12H,2-10H2,1H3,(H,18,23)(H,19,20,21). The number of nitrogens with one attached hydrogen (secondary N) is 2. The highest BCUT2D eigenvalue weighted by Crippen LogP contribution is 2.28. The molecule has 0 aromatic carbocycles. The van der Waals surface area contributed by atoms with E-state index in [-0.39, 0.29) is 5.91 Å². The number of morpholine rings is 1. The summed E-state index contributed by atoms with van der Waals surface area (Å²) in [7, 11) is 0. The molecule has 0 aliphatic carbocycles. The van der Waals surface area contributed by atoms with Crippen LogP contribution in [0.1, 0.15) is 18.2 Å². The molecule has 2 aromatic rings. The summed E-state index contributed by atoms with van der Waals surface area (Å²) in [5, 5.41) is 7.28. The summed E-state index contributed by atoms with van der Waals surface area (Å²) in [6.07, 6.45) is 2.99. The summed E-state index contributed by atoms with van der Waals surface area (Å²) < 4.78 is 5.31. The predicted octanol–water partition coefficient (Wildman–Crippen LogP) is 1.50. The van der Waals surface area contributed by atoms with Gasteiger partial charge >= 0.3 is 0 Å². The third-order valence-corrected chi connectivity index (χ3v) is 5.41. The summed E-state index contributed by atoms with van der Waals surface area (Å²) in [5.41, 5.74) is 0. The van der Waals surface area contributed by atoms with E-state index in [1.165, 1.54) is 4.88 Å². The minimum Gasteiger partial charge on any atom is -0.379 e. The highest BCUT2D eigenvalue weighted by Gasteiger charge is 2.11. The number of aryl methyl sites for hydroxylation is 1. The molecule has 25 heavy (non-hydrogen) atoms. The molecule has 3 heterocycles. The van der Waals surface area contributed by atoms with Crippen LogP contribution in [0.3, 0.4) is 0 Å². The molecule has 0 unspecified atom stereocenters. The van der Waals surface area contributed by atoms with Crippen molar-refractivity contribution in [2.75, 3.05) is 51.3 Å². The lowest BCUT2D eigenvalue weighted by Gasteiger charge is -2.26. The Balaban J connectivity index is 1.40. The molecule has 3 rings (SSSR count). The minimum absolute atomic E-state index is 0.0608. The number of carbonyl (C=O) groups is 1. The van der Waals surface area contributed by atoms with Crippen molar-refractivity contribution in [3.8, 4) is 0 Å². The minimum atomic E-state index is 0.0608. The van der Waals surface area contributed by atoms with Gasteiger partial charge in [0.1, 0.15) is 17.0 Å². The van der Waals surface area contributed by atoms with Gasteiger partial charge in [-0.25, -0.2) is 9.97 Å². The third kappa shape index (κ3) is 5.10. The van der Waals surface area contributed by atoms with Gasteiger partial charge in [-0.3, -0.25) is 9.69 Å². The lowest BCUT2D eigenvalue weighted by molar-refractivity contribution is -0.120. The Bertz CT molecular complexity index is 699. The first-order chi connectivity index (χ1) is 12.3. The van der Waals surface area contributed by atoms with Gasteiger partial charge in [0.25, 0.3) is 0 Å². The van der Waals surface area contributed by atoms with E-state index < -0.39 is 0 Å². The number of carbonyl (C=O) groups excluding carboxylic acids is 1. The van der Waals surface area contributed by atoms with Crippen molar-refractivity contribution in [1.29, 1.82) is 0 Å². The van der Waals surface area contributed by atoms with Crippen LogP contribution in [0.4, 0.5) is 5.82 Å². The van der Waals surface area contributed by atoms with E-state index in [4.69, 9.17) is 4.74 Å². The van der Waals surface area contributed by atoms with Crippen LogP contribution in [0.5, 0.6) is 0 Å². The smallest absolute Gasteiger partial charge is 0.221 e. The zero-order valence-corrected chi connectivity index (χ0v) is 15.4. The summed E-state index contributed by atoms with van der Waals surface area (Å²) >= 11 is 1.69. The van der Waals surface area contributed by atoms with E-state index >= 15 is 0 Å². The Morgan fingerprint density at radius 2 is 2.16 bits per heavy atom. The third-order valence-electron chi connectivity index (χ3n) is 4.23. The average Bonchev–Trinajstić information content (AvgIpc) is 3.07. The lowest BCUT2D eigenvalue weighted by atomic mass is 10.3. The van der Waals surface area contributed by atoms with E-state index in [1.54, 1.807) is 17.7 Å². The quantitative estimate of drug-likeness (QED) is 0.740. The van der Waals surface area contributed by atoms with Crippen molar-refractivity contribution in [2.45, 2.75) is 19.8 Å². The van der Waals surface area contributed by atoms with Crippen molar-refractivity contribution < 1.29 is 9.53 Å². The Morgan fingerprint density at radius 1 is 1.32 bits per heavy atom. The molecule has 2 aromatic heterocycles. The fraction of sp³-hybridized carbons (Fsp3) is 0.588. The van der Waals surface area contributed by atoms with Crippen molar-refractivity contribution in [1.82, 2.24) is 20.2 Å². The first kappa shape index (κ1) is 18.0. The van der Waals surface area contributed by atoms with E-state index in [9.17, 15) is 4.79 Å². The fourth-order valence-electron chi connectivity index (χ4n) is 2.78. The number of nitrogens with zero attached hydrogens (tertiary/aromatic N) is 3. The number of thiophene rings is 1. The number of fused-ring (bicyclic) bond motifs is 1. The van der Waals surface area contributed by atoms with Crippen LogP contribution in [0.25, 0.3) is 10.2 Å². The molecular formula is C17H25N5O2S. The van der Waals surface area contributed by atoms with Crippen LogP contribution < -0.4 is 10.6 Å². The second kappa shape index (κ2) is 9.07. The van der Waals surface area contributed by atoms with Gasteiger partial charge in [0.05, 0.1) is 18.6 Å². The molecular weight excluding hydrogens is 338 g/mol. The van der Waals surface area contributed by atoms with Crippen molar-refractivity contribution in [3.05, 3.63) is 17.3 Å². The zero-order chi connectivity index (χ0) is 17.5. The average molecular weight is 363 g/mol. The van der Waals surface area contributed by atoms with Crippen LogP contribution in [0.2, 0.25) is 0 Å². The monoisotopic (exact) mass is 363 g/mol. The first-order valence-electron chi connectivity index (χ1n) is 8.80. The van der Waals surface area contributed by atoms with Gasteiger partial charge in [0.2, 0.25) is 5.91 Å². The Morgan fingerprint density at radius 3 is 2.96 bits per heavy atom. The molecule has 1 amide bonds. The summed E-state index contributed by atoms with van der Waals surface area (Å²) in [6.45, 7) is 7.72. The van der Waals surface area contributed by atoms with E-state index in [0.717, 1.165) is 55.3 Å². The Labute approximate surface area is 151 Å². The molecule has 1 saturated heterocycles. The SMILES string of the molecule is CCc1cc2c(NCCC(=O)NCCN3CCOCC3)ncnc2s1. The second-order valence-electron chi connectivity index (χ2n) is 5.99. The van der Waals surface area contributed by atoms with E-state index in [2.05, 4.69) is 38.5 Å². The first-order valence-corrected chi connectivity index (χ1v) is 9.62. The van der Waals surface area contributed by atoms with Gasteiger partial charge in [0, 0.05) is 44.0 Å². The van der Waals surface area contributed by atoms with Gasteiger partial charge < -0.3 is 15.4 Å². The summed E-state index contributed by atoms with van der Waals surface area (Å²) in [5.74, 6) is 0.868. The normalized spacial score (nSPS) is 15.4. The van der Waals surface area contributed by atoms with Crippen LogP contribution in [-0.4, -0.2) is 66.7 Å². The zero-order valence-electron chi connectivity index (χ0n) is 14.6. The van der Waals surface area contributed by atoms with Gasteiger partial charge in [0.15, 0.2) is 0 Å². The van der Waals surface area contributed by atoms with Crippen LogP contribution in [0, 0.1) is 0 Å². The molecule has 1 fully saturated rings. The maximum Gasteiger partial charge on any atom is 0.221 e. The van der Waals surface area contributed by atoms with E-state index in [0.29, 0.717) is 19.5 Å². The van der Waals surface area contributed by atoms with Gasteiger partial charge in [-0.2, -0.15) is 0 Å². The van der Waals surface area contributed by atoms with Crippen LogP contribution in [-0.2, 0) is 16.0 Å². The molecule has 0 bridgehead atoms. The van der Waals surface area contributed by atoms with Crippen LogP contribution >= 0.6 is 11.3 Å². The predicted molar refractivity (Wildman–Crippen MR) is 100 cm³/mol. The molecule has 1 aliphatic heterocycles. The molecule has 2 N–H and O–H groups in total. The maximum absolute atomic E-state index is 12.0. The Hall–Kier alpha value is -1.77. The largest absolute Gasteiger partial charge is 0.379 e. The van der Waals surface area contributed by atoms with Gasteiger partial charge in [-0.1, -0.05) is 6.92 Å². The molecule has 136 valence electrons. The number of hydrogen-bond acceptors (Lipinski definition) is 7. The van der Waals surface area contributed by atoms with Crippen molar-refractivity contribution in [3.63, 3.8) is 0 Å². The van der Waals surface area contributed by atoms with E-state index in [1.807, 2.05) is 0 Å². The molecule has 0 spiro atoms.